The maximum absolute atomic E-state index is 11.3. The second-order valence-electron chi connectivity index (χ2n) is 3.93. The van der Waals surface area contributed by atoms with Gasteiger partial charge in [0.15, 0.2) is 0 Å². The van der Waals surface area contributed by atoms with Gasteiger partial charge >= 0.3 is 7.60 Å². The molecule has 0 aromatic heterocycles. The minimum Gasteiger partial charge on any atom is -0.312 e. The van der Waals surface area contributed by atoms with Crippen molar-refractivity contribution in [2.45, 2.75) is 25.7 Å². The van der Waals surface area contributed by atoms with Crippen molar-refractivity contribution < 1.29 is 26.2 Å². The van der Waals surface area contributed by atoms with Crippen molar-refractivity contribution in [2.24, 2.45) is 0 Å². The van der Waals surface area contributed by atoms with E-state index in [-0.39, 0.29) is 12.4 Å². The Morgan fingerprint density at radius 1 is 1.21 bits per heavy atom. The molecule has 0 aromatic rings. The van der Waals surface area contributed by atoms with Gasteiger partial charge in [-0.05, 0) is 12.8 Å². The molecule has 0 spiro atoms. The molecule has 0 saturated heterocycles. The van der Waals surface area contributed by atoms with Crippen LogP contribution in [0.5, 0.6) is 0 Å². The predicted molar refractivity (Wildman–Crippen MR) is 73.5 cm³/mol. The molecule has 0 aliphatic heterocycles. The highest BCUT2D eigenvalue weighted by Crippen LogP contribution is 2.42. The van der Waals surface area contributed by atoms with Crippen LogP contribution in [0.2, 0.25) is 0 Å². The molecule has 0 aromatic carbocycles. The summed E-state index contributed by atoms with van der Waals surface area (Å²) in [6.07, 6.45) is 7.62. The van der Waals surface area contributed by atoms with Crippen LogP contribution in [-0.2, 0) is 27.9 Å². The largest absolute Gasteiger partial charge is 0.327 e. The van der Waals surface area contributed by atoms with E-state index < -0.39 is 17.7 Å². The topological polar surface area (TPSA) is 78.9 Å². The summed E-state index contributed by atoms with van der Waals surface area (Å²) in [6.45, 7) is 1.52. The molecule has 6 nitrogen and oxygen atoms in total. The van der Waals surface area contributed by atoms with E-state index in [9.17, 15) is 13.0 Å². The highest BCUT2D eigenvalue weighted by atomic mass is 32.2. The lowest BCUT2D eigenvalue weighted by molar-refractivity contribution is 0.233. The Kier molecular flexibility index (Phi) is 9.32. The Hall–Kier alpha value is -0.380. The molecule has 0 heterocycles. The van der Waals surface area contributed by atoms with Crippen molar-refractivity contribution in [1.82, 2.24) is 0 Å². The number of hydrogen-bond donors (Lipinski definition) is 0. The third kappa shape index (κ3) is 11.2. The molecule has 0 amide bonds. The lowest BCUT2D eigenvalue weighted by Gasteiger charge is -2.10. The van der Waals surface area contributed by atoms with E-state index in [0.717, 1.165) is 12.8 Å². The first-order chi connectivity index (χ1) is 8.83. The molecule has 0 fully saturated rings. The summed E-state index contributed by atoms with van der Waals surface area (Å²) in [5, 5.41) is 0. The summed E-state index contributed by atoms with van der Waals surface area (Å²) in [6, 6.07) is 0. The van der Waals surface area contributed by atoms with Crippen LogP contribution in [0.25, 0.3) is 0 Å². The first-order valence-corrected chi connectivity index (χ1v) is 9.48. The van der Waals surface area contributed by atoms with Crippen molar-refractivity contribution >= 4 is 17.7 Å². The zero-order valence-electron chi connectivity index (χ0n) is 11.3. The van der Waals surface area contributed by atoms with Gasteiger partial charge < -0.3 is 9.05 Å². The Balaban J connectivity index is 3.56. The van der Waals surface area contributed by atoms with Crippen molar-refractivity contribution in [3.05, 3.63) is 0 Å². The number of hydrogen-bond acceptors (Lipinski definition) is 6. The maximum Gasteiger partial charge on any atom is 0.327 e. The highest BCUT2D eigenvalue weighted by molar-refractivity contribution is 7.86. The summed E-state index contributed by atoms with van der Waals surface area (Å²) in [4.78, 5) is 0. The van der Waals surface area contributed by atoms with E-state index in [1.165, 1.54) is 13.8 Å². The van der Waals surface area contributed by atoms with Crippen LogP contribution in [-0.4, -0.2) is 41.2 Å². The minimum absolute atomic E-state index is 0.0418. The zero-order chi connectivity index (χ0) is 14.8. The van der Waals surface area contributed by atoms with Gasteiger partial charge in [-0.2, -0.15) is 8.42 Å². The fraction of sp³-hybridized carbons (Fsp3) is 0.818. The number of terminal acetylenes is 1. The van der Waals surface area contributed by atoms with E-state index in [1.807, 2.05) is 0 Å². The van der Waals surface area contributed by atoms with Crippen LogP contribution in [0.1, 0.15) is 25.7 Å². The first-order valence-electron chi connectivity index (χ1n) is 5.91. The van der Waals surface area contributed by atoms with E-state index in [1.54, 1.807) is 0 Å². The second-order valence-corrected chi connectivity index (χ2v) is 7.85. The number of unbranched alkanes of at least 4 members (excludes halogenated alkanes) is 3. The molecular formula is C11H21O6PS. The van der Waals surface area contributed by atoms with Crippen LogP contribution >= 0.6 is 7.60 Å². The maximum atomic E-state index is 11.3. The van der Waals surface area contributed by atoms with E-state index >= 15 is 0 Å². The van der Waals surface area contributed by atoms with Crippen LogP contribution < -0.4 is 0 Å². The first kappa shape index (κ1) is 18.6. The molecule has 0 rings (SSSR count). The van der Waals surface area contributed by atoms with Gasteiger partial charge in [0.05, 0.1) is 12.4 Å². The van der Waals surface area contributed by atoms with Gasteiger partial charge in [-0.15, -0.1) is 6.42 Å². The average Bonchev–Trinajstić information content (AvgIpc) is 2.35. The monoisotopic (exact) mass is 312 g/mol. The molecule has 112 valence electrons. The lowest BCUT2D eigenvalue weighted by Crippen LogP contribution is -2.10. The van der Waals surface area contributed by atoms with Crippen LogP contribution in [0.3, 0.4) is 0 Å². The molecule has 0 bridgehead atoms. The molecule has 1 atom stereocenters. The molecule has 0 saturated carbocycles. The molecule has 0 aliphatic rings. The zero-order valence-corrected chi connectivity index (χ0v) is 13.0. The molecule has 8 heteroatoms. The van der Waals surface area contributed by atoms with Gasteiger partial charge in [-0.3, -0.25) is 8.75 Å². The Morgan fingerprint density at radius 3 is 2.42 bits per heavy atom. The molecule has 0 radical (unpaired) electrons. The third-order valence-corrected chi connectivity index (χ3v) is 4.85. The summed E-state index contributed by atoms with van der Waals surface area (Å²) >= 11 is 0. The number of rotatable bonds is 11. The normalized spacial score (nSPS) is 14.8. The molecule has 0 N–H and O–H groups in total. The standard InChI is InChI=1S/C11H21O6PS/c1-4-9-17-19(13,14)11-8-6-5-7-10-16-18(3,12)15-2/h1H,5-11H2,2-3H3. The van der Waals surface area contributed by atoms with Crippen molar-refractivity contribution in [3.8, 4) is 12.3 Å². The van der Waals surface area contributed by atoms with Gasteiger partial charge in [-0.1, -0.05) is 18.8 Å². The van der Waals surface area contributed by atoms with Crippen LogP contribution in [0, 0.1) is 12.3 Å². The second kappa shape index (κ2) is 9.51. The third-order valence-electron chi connectivity index (χ3n) is 2.27. The predicted octanol–water partition coefficient (Wildman–Crippen LogP) is 2.01. The molecule has 19 heavy (non-hydrogen) atoms. The van der Waals surface area contributed by atoms with Crippen molar-refractivity contribution in [3.63, 3.8) is 0 Å². The minimum atomic E-state index is -3.50. The Labute approximate surface area is 115 Å². The van der Waals surface area contributed by atoms with Crippen LogP contribution in [0.4, 0.5) is 0 Å². The van der Waals surface area contributed by atoms with E-state index in [2.05, 4.69) is 14.6 Å². The van der Waals surface area contributed by atoms with Crippen molar-refractivity contribution in [1.29, 1.82) is 0 Å². The lowest BCUT2D eigenvalue weighted by atomic mass is 10.2. The van der Waals surface area contributed by atoms with Gasteiger partial charge in [0.1, 0.15) is 6.61 Å². The molecular weight excluding hydrogens is 291 g/mol. The summed E-state index contributed by atoms with van der Waals surface area (Å²) in [5.74, 6) is 2.06. The quantitative estimate of drug-likeness (QED) is 0.251. The summed E-state index contributed by atoms with van der Waals surface area (Å²) < 4.78 is 48.1. The summed E-state index contributed by atoms with van der Waals surface area (Å²) in [5.41, 5.74) is 0. The fourth-order valence-corrected chi connectivity index (χ4v) is 2.69. The Morgan fingerprint density at radius 2 is 1.84 bits per heavy atom. The smallest absolute Gasteiger partial charge is 0.312 e. The van der Waals surface area contributed by atoms with Crippen LogP contribution in [0.15, 0.2) is 0 Å². The van der Waals surface area contributed by atoms with Crippen molar-refractivity contribution in [2.75, 3.05) is 32.7 Å². The average molecular weight is 312 g/mol. The van der Waals surface area contributed by atoms with Gasteiger partial charge in [0, 0.05) is 13.8 Å². The van der Waals surface area contributed by atoms with E-state index in [4.69, 9.17) is 10.9 Å². The Bertz CT molecular complexity index is 425. The highest BCUT2D eigenvalue weighted by Gasteiger charge is 2.13. The molecule has 0 aliphatic carbocycles. The fourth-order valence-electron chi connectivity index (χ4n) is 1.20. The van der Waals surface area contributed by atoms with Gasteiger partial charge in [0.2, 0.25) is 0 Å². The molecule has 1 unspecified atom stereocenters. The van der Waals surface area contributed by atoms with E-state index in [0.29, 0.717) is 19.4 Å². The van der Waals surface area contributed by atoms with Gasteiger partial charge in [-0.25, -0.2) is 0 Å². The van der Waals surface area contributed by atoms with Gasteiger partial charge in [0.25, 0.3) is 10.1 Å². The SMILES string of the molecule is C#CCOS(=O)(=O)CCCCCCOP(C)(=O)OC. The summed E-state index contributed by atoms with van der Waals surface area (Å²) in [7, 11) is -5.07.